The van der Waals surface area contributed by atoms with Gasteiger partial charge in [-0.3, -0.25) is 9.59 Å². The molecule has 4 nitrogen and oxygen atoms in total. The second-order valence-electron chi connectivity index (χ2n) is 5.86. The van der Waals surface area contributed by atoms with Crippen LogP contribution >= 0.6 is 11.8 Å². The maximum absolute atomic E-state index is 12.6. The molecule has 1 fully saturated rings. The predicted octanol–water partition coefficient (Wildman–Crippen LogP) is 4.99. The van der Waals surface area contributed by atoms with Gasteiger partial charge < -0.3 is 5.32 Å². The van der Waals surface area contributed by atoms with Crippen LogP contribution in [0, 0.1) is 0 Å². The number of carbonyl (C=O) groups is 2. The molecule has 3 aromatic carbocycles. The average Bonchev–Trinajstić information content (AvgIpc) is 2.97. The van der Waals surface area contributed by atoms with Crippen molar-refractivity contribution >= 4 is 34.3 Å². The molecule has 5 heteroatoms. The molecule has 1 N–H and O–H groups in total. The molecule has 1 aliphatic rings. The zero-order valence-electron chi connectivity index (χ0n) is 13.8. The Labute approximate surface area is 155 Å². The Bertz CT molecular complexity index is 927. The van der Waals surface area contributed by atoms with Crippen LogP contribution in [0.4, 0.5) is 16.2 Å². The number of nitrogens with zero attached hydrogens (tertiary/aromatic N) is 1. The molecule has 1 heterocycles. The van der Waals surface area contributed by atoms with Crippen molar-refractivity contribution in [1.82, 2.24) is 0 Å². The third-order valence-electron chi connectivity index (χ3n) is 4.15. The van der Waals surface area contributed by atoms with E-state index in [2.05, 4.69) is 17.4 Å². The fourth-order valence-electron chi connectivity index (χ4n) is 2.85. The van der Waals surface area contributed by atoms with Gasteiger partial charge in [0.15, 0.2) is 5.37 Å². The summed E-state index contributed by atoms with van der Waals surface area (Å²) in [6.45, 7) is 0. The van der Waals surface area contributed by atoms with Crippen molar-refractivity contribution in [3.63, 3.8) is 0 Å². The third kappa shape index (κ3) is 3.21. The van der Waals surface area contributed by atoms with Crippen LogP contribution in [0.15, 0.2) is 84.9 Å². The fraction of sp³-hybridized carbons (Fsp3) is 0.0476. The molecule has 2 amide bonds. The minimum atomic E-state index is -0.620. The summed E-state index contributed by atoms with van der Waals surface area (Å²) in [6, 6.07) is 26.9. The van der Waals surface area contributed by atoms with E-state index in [-0.39, 0.29) is 11.1 Å². The van der Waals surface area contributed by atoms with Gasteiger partial charge in [-0.1, -0.05) is 60.7 Å². The van der Waals surface area contributed by atoms with Gasteiger partial charge in [0.2, 0.25) is 0 Å². The first kappa shape index (κ1) is 16.4. The molecule has 0 saturated carbocycles. The first-order chi connectivity index (χ1) is 12.7. The Morgan fingerprint density at radius 2 is 1.31 bits per heavy atom. The van der Waals surface area contributed by atoms with E-state index in [0.29, 0.717) is 5.69 Å². The number of anilines is 2. The van der Waals surface area contributed by atoms with Crippen LogP contribution in [0.1, 0.15) is 0 Å². The van der Waals surface area contributed by atoms with Gasteiger partial charge in [-0.25, -0.2) is 4.90 Å². The van der Waals surface area contributed by atoms with Gasteiger partial charge in [-0.2, -0.15) is 0 Å². The SMILES string of the molecule is O=C1S[C@@H](Nc2ccc(-c3ccccc3)cc2)C(=O)N1c1ccccc1. The summed E-state index contributed by atoms with van der Waals surface area (Å²) in [4.78, 5) is 26.1. The van der Waals surface area contributed by atoms with Crippen LogP contribution in [0.25, 0.3) is 11.1 Å². The smallest absolute Gasteiger partial charge is 0.295 e. The van der Waals surface area contributed by atoms with E-state index in [9.17, 15) is 9.59 Å². The molecule has 0 unspecified atom stereocenters. The second-order valence-corrected chi connectivity index (χ2v) is 6.92. The van der Waals surface area contributed by atoms with Crippen molar-refractivity contribution in [2.45, 2.75) is 5.37 Å². The molecule has 128 valence electrons. The monoisotopic (exact) mass is 360 g/mol. The van der Waals surface area contributed by atoms with E-state index in [1.807, 2.05) is 60.7 Å². The Morgan fingerprint density at radius 3 is 1.96 bits per heavy atom. The van der Waals surface area contributed by atoms with E-state index in [4.69, 9.17) is 0 Å². The van der Waals surface area contributed by atoms with Crippen LogP contribution in [-0.4, -0.2) is 16.5 Å². The number of para-hydroxylation sites is 1. The van der Waals surface area contributed by atoms with Crippen LogP contribution < -0.4 is 10.2 Å². The topological polar surface area (TPSA) is 49.4 Å². The van der Waals surface area contributed by atoms with Crippen LogP contribution in [0.2, 0.25) is 0 Å². The highest BCUT2D eigenvalue weighted by molar-refractivity contribution is 8.16. The normalized spacial score (nSPS) is 16.8. The van der Waals surface area contributed by atoms with Gasteiger partial charge in [-0.05, 0) is 47.2 Å². The zero-order chi connectivity index (χ0) is 17.9. The molecule has 3 aromatic rings. The van der Waals surface area contributed by atoms with E-state index in [1.54, 1.807) is 12.1 Å². The van der Waals surface area contributed by atoms with Crippen molar-refractivity contribution in [1.29, 1.82) is 0 Å². The number of carbonyl (C=O) groups excluding carboxylic acids is 2. The molecule has 0 aromatic heterocycles. The Morgan fingerprint density at radius 1 is 0.731 bits per heavy atom. The highest BCUT2D eigenvalue weighted by atomic mass is 32.2. The highest BCUT2D eigenvalue weighted by Crippen LogP contribution is 2.32. The quantitative estimate of drug-likeness (QED) is 0.712. The standard InChI is InChI=1S/C21H16N2O2S/c24-20-19(26-21(25)23(20)18-9-5-2-6-10-18)22-17-13-11-16(12-14-17)15-7-3-1-4-8-15/h1-14,19,22H/t19-/m1/s1. The number of imide groups is 1. The summed E-state index contributed by atoms with van der Waals surface area (Å²) in [6.07, 6.45) is 0. The van der Waals surface area contributed by atoms with Crippen molar-refractivity contribution in [3.05, 3.63) is 84.9 Å². The largest absolute Gasteiger partial charge is 0.365 e. The molecule has 0 aliphatic carbocycles. The van der Waals surface area contributed by atoms with Gasteiger partial charge >= 0.3 is 0 Å². The zero-order valence-corrected chi connectivity index (χ0v) is 14.6. The number of hydrogen-bond donors (Lipinski definition) is 1. The van der Waals surface area contributed by atoms with Crippen molar-refractivity contribution < 1.29 is 9.59 Å². The highest BCUT2D eigenvalue weighted by Gasteiger charge is 2.40. The summed E-state index contributed by atoms with van der Waals surface area (Å²) >= 11 is 0.998. The Hall–Kier alpha value is -3.05. The van der Waals surface area contributed by atoms with Gasteiger partial charge in [-0.15, -0.1) is 0 Å². The van der Waals surface area contributed by atoms with E-state index >= 15 is 0 Å². The molecule has 1 saturated heterocycles. The molecule has 4 rings (SSSR count). The Balaban J connectivity index is 1.49. The van der Waals surface area contributed by atoms with E-state index < -0.39 is 5.37 Å². The van der Waals surface area contributed by atoms with Crippen molar-refractivity contribution in [3.8, 4) is 11.1 Å². The lowest BCUT2D eigenvalue weighted by Gasteiger charge is -2.15. The summed E-state index contributed by atoms with van der Waals surface area (Å²) in [7, 11) is 0. The molecule has 0 bridgehead atoms. The average molecular weight is 360 g/mol. The minimum absolute atomic E-state index is 0.252. The molecule has 26 heavy (non-hydrogen) atoms. The predicted molar refractivity (Wildman–Crippen MR) is 106 cm³/mol. The van der Waals surface area contributed by atoms with Crippen molar-refractivity contribution in [2.75, 3.05) is 10.2 Å². The molecule has 1 atom stereocenters. The number of nitrogens with one attached hydrogen (secondary N) is 1. The number of thioether (sulfide) groups is 1. The first-order valence-corrected chi connectivity index (χ1v) is 9.12. The van der Waals surface area contributed by atoms with Crippen LogP contribution in [-0.2, 0) is 4.79 Å². The summed E-state index contributed by atoms with van der Waals surface area (Å²) in [5.74, 6) is -0.252. The lowest BCUT2D eigenvalue weighted by atomic mass is 10.1. The summed E-state index contributed by atoms with van der Waals surface area (Å²) in [5, 5.41) is 2.27. The number of hydrogen-bond acceptors (Lipinski definition) is 4. The maximum Gasteiger partial charge on any atom is 0.295 e. The summed E-state index contributed by atoms with van der Waals surface area (Å²) in [5.41, 5.74) is 3.64. The van der Waals surface area contributed by atoms with Gasteiger partial charge in [0.05, 0.1) is 5.69 Å². The molecule has 1 aliphatic heterocycles. The van der Waals surface area contributed by atoms with E-state index in [1.165, 1.54) is 4.90 Å². The van der Waals surface area contributed by atoms with Gasteiger partial charge in [0, 0.05) is 5.69 Å². The van der Waals surface area contributed by atoms with Crippen LogP contribution in [0.3, 0.4) is 0 Å². The lowest BCUT2D eigenvalue weighted by molar-refractivity contribution is -0.116. The molecule has 0 radical (unpaired) electrons. The molecular formula is C21H16N2O2S. The van der Waals surface area contributed by atoms with Gasteiger partial charge in [0.1, 0.15) is 0 Å². The number of amides is 2. The fourth-order valence-corrected chi connectivity index (χ4v) is 3.76. The second kappa shape index (κ2) is 7.06. The lowest BCUT2D eigenvalue weighted by Crippen LogP contribution is -2.34. The van der Waals surface area contributed by atoms with Crippen LogP contribution in [0.5, 0.6) is 0 Å². The third-order valence-corrected chi connectivity index (χ3v) is 5.09. The van der Waals surface area contributed by atoms with Gasteiger partial charge in [0.25, 0.3) is 11.1 Å². The number of rotatable bonds is 4. The molecular weight excluding hydrogens is 344 g/mol. The molecule has 0 spiro atoms. The maximum atomic E-state index is 12.6. The van der Waals surface area contributed by atoms with Crippen molar-refractivity contribution in [2.24, 2.45) is 0 Å². The summed E-state index contributed by atoms with van der Waals surface area (Å²) < 4.78 is 0. The Kier molecular flexibility index (Phi) is 4.46. The van der Waals surface area contributed by atoms with E-state index in [0.717, 1.165) is 28.6 Å². The number of benzene rings is 3. The minimum Gasteiger partial charge on any atom is -0.365 e. The first-order valence-electron chi connectivity index (χ1n) is 8.24.